The van der Waals surface area contributed by atoms with Gasteiger partial charge in [0, 0.05) is 12.7 Å². The number of nitrogens with zero attached hydrogens (tertiary/aromatic N) is 3. The number of aromatic nitrogens is 2. The van der Waals surface area contributed by atoms with Crippen molar-refractivity contribution >= 4 is 33.0 Å². The molecule has 12 heteroatoms. The summed E-state index contributed by atoms with van der Waals surface area (Å²) in [6, 6.07) is 3.23. The van der Waals surface area contributed by atoms with E-state index in [2.05, 4.69) is 9.97 Å². The van der Waals surface area contributed by atoms with Crippen LogP contribution in [0.1, 0.15) is 18.5 Å². The molecule has 26 heavy (non-hydrogen) atoms. The molecule has 2 aromatic heterocycles. The summed E-state index contributed by atoms with van der Waals surface area (Å²) in [7, 11) is -3.73. The predicted molar refractivity (Wildman–Crippen MR) is 88.8 cm³/mol. The molecule has 1 unspecified atom stereocenters. The summed E-state index contributed by atoms with van der Waals surface area (Å²) >= 11 is 6.74. The van der Waals surface area contributed by atoms with Gasteiger partial charge in [-0.05, 0) is 31.0 Å². The van der Waals surface area contributed by atoms with E-state index in [9.17, 15) is 21.6 Å². The number of piperidine rings is 1. The summed E-state index contributed by atoms with van der Waals surface area (Å²) in [6.07, 6.45) is -3.31. The third-order valence-electron chi connectivity index (χ3n) is 3.68. The molecule has 2 aromatic rings. The Morgan fingerprint density at radius 1 is 1.31 bits per heavy atom. The lowest BCUT2D eigenvalue weighted by atomic mass is 10.1. The van der Waals surface area contributed by atoms with Gasteiger partial charge >= 0.3 is 12.2 Å². The van der Waals surface area contributed by atoms with Crippen molar-refractivity contribution in [2.45, 2.75) is 29.3 Å². The summed E-state index contributed by atoms with van der Waals surface area (Å²) in [6.45, 7) is 0.290. The fourth-order valence-corrected chi connectivity index (χ4v) is 5.63. The van der Waals surface area contributed by atoms with E-state index in [-0.39, 0.29) is 10.8 Å². The fourth-order valence-electron chi connectivity index (χ4n) is 2.49. The van der Waals surface area contributed by atoms with E-state index in [1.165, 1.54) is 16.4 Å². The van der Waals surface area contributed by atoms with E-state index < -0.39 is 34.0 Å². The molecule has 1 fully saturated rings. The smallest absolute Gasteiger partial charge is 0.433 e. The van der Waals surface area contributed by atoms with E-state index in [1.807, 2.05) is 0 Å². The van der Waals surface area contributed by atoms with Crippen molar-refractivity contribution in [3.05, 3.63) is 34.4 Å². The molecule has 0 radical (unpaired) electrons. The largest absolute Gasteiger partial charge is 0.459 e. The normalized spacial score (nSPS) is 19.5. The zero-order valence-electron chi connectivity index (χ0n) is 13.1. The van der Waals surface area contributed by atoms with Crippen molar-refractivity contribution in [3.8, 4) is 6.01 Å². The van der Waals surface area contributed by atoms with E-state index in [4.69, 9.17) is 16.3 Å². The third kappa shape index (κ3) is 4.27. The van der Waals surface area contributed by atoms with Gasteiger partial charge in [0.15, 0.2) is 5.69 Å². The van der Waals surface area contributed by atoms with Crippen molar-refractivity contribution in [2.75, 3.05) is 13.1 Å². The third-order valence-corrected chi connectivity index (χ3v) is 7.24. The van der Waals surface area contributed by atoms with Gasteiger partial charge in [-0.3, -0.25) is 0 Å². The second kappa shape index (κ2) is 7.29. The molecule has 0 saturated carbocycles. The molecule has 3 heterocycles. The van der Waals surface area contributed by atoms with Gasteiger partial charge in [-0.25, -0.2) is 13.4 Å². The van der Waals surface area contributed by atoms with Crippen LogP contribution in [0, 0.1) is 0 Å². The van der Waals surface area contributed by atoms with Gasteiger partial charge < -0.3 is 4.74 Å². The molecular formula is C14H13ClF3N3O3S2. The van der Waals surface area contributed by atoms with E-state index in [1.54, 1.807) is 0 Å². The standard InChI is InChI=1S/C14H13ClF3N3O3S2/c15-11-3-4-12(25-11)26(22,23)21-7-1-2-9(8-21)24-13-19-6-5-10(20-13)14(16,17)18/h3-6,9H,1-2,7-8H2. The van der Waals surface area contributed by atoms with Gasteiger partial charge in [-0.2, -0.15) is 22.5 Å². The Hall–Kier alpha value is -1.43. The number of rotatable bonds is 4. The molecule has 0 aromatic carbocycles. The number of hydrogen-bond acceptors (Lipinski definition) is 6. The molecule has 1 aliphatic heterocycles. The predicted octanol–water partition coefficient (Wildman–Crippen LogP) is 3.44. The molecule has 0 N–H and O–H groups in total. The van der Waals surface area contributed by atoms with Gasteiger partial charge in [0.2, 0.25) is 0 Å². The van der Waals surface area contributed by atoms with Gasteiger partial charge in [-0.1, -0.05) is 11.6 Å². The maximum absolute atomic E-state index is 12.7. The zero-order chi connectivity index (χ0) is 18.9. The molecule has 142 valence electrons. The molecule has 6 nitrogen and oxygen atoms in total. The van der Waals surface area contributed by atoms with Crippen LogP contribution in [0.15, 0.2) is 28.6 Å². The number of halogens is 4. The second-order valence-corrected chi connectivity index (χ2v) is 9.41. The fraction of sp³-hybridized carbons (Fsp3) is 0.429. The quantitative estimate of drug-likeness (QED) is 0.747. The van der Waals surface area contributed by atoms with Crippen molar-refractivity contribution in [1.82, 2.24) is 14.3 Å². The minimum atomic E-state index is -4.61. The maximum Gasteiger partial charge on any atom is 0.433 e. The molecule has 0 bridgehead atoms. The van der Waals surface area contributed by atoms with Crippen LogP contribution in [0.2, 0.25) is 4.34 Å². The Morgan fingerprint density at radius 2 is 2.08 bits per heavy atom. The average molecular weight is 428 g/mol. The first-order valence-electron chi connectivity index (χ1n) is 7.48. The van der Waals surface area contributed by atoms with Crippen molar-refractivity contribution in [3.63, 3.8) is 0 Å². The summed E-state index contributed by atoms with van der Waals surface area (Å²) in [5.74, 6) is 0. The highest BCUT2D eigenvalue weighted by Gasteiger charge is 2.35. The minimum absolute atomic E-state index is 0.00252. The number of alkyl halides is 3. The number of sulfonamides is 1. The molecule has 1 saturated heterocycles. The van der Waals surface area contributed by atoms with Gasteiger partial charge in [-0.15, -0.1) is 11.3 Å². The first kappa shape index (κ1) is 19.3. The Bertz CT molecular complexity index is 889. The van der Waals surface area contributed by atoms with Crippen LogP contribution >= 0.6 is 22.9 Å². The van der Waals surface area contributed by atoms with Crippen molar-refractivity contribution in [2.24, 2.45) is 0 Å². The molecule has 0 spiro atoms. The highest BCUT2D eigenvalue weighted by molar-refractivity contribution is 7.91. The van der Waals surface area contributed by atoms with Crippen LogP contribution in [0.4, 0.5) is 13.2 Å². The van der Waals surface area contributed by atoms with Crippen molar-refractivity contribution < 1.29 is 26.3 Å². The Balaban J connectivity index is 1.73. The second-order valence-electron chi connectivity index (χ2n) is 5.53. The Kier molecular flexibility index (Phi) is 5.42. The van der Waals surface area contributed by atoms with Gasteiger partial charge in [0.1, 0.15) is 10.3 Å². The molecule has 1 aliphatic rings. The van der Waals surface area contributed by atoms with Crippen LogP contribution in [-0.4, -0.2) is 41.9 Å². The lowest BCUT2D eigenvalue weighted by molar-refractivity contribution is -0.141. The lowest BCUT2D eigenvalue weighted by Crippen LogP contribution is -2.44. The monoisotopic (exact) mass is 427 g/mol. The van der Waals surface area contributed by atoms with E-state index in [0.717, 1.165) is 23.6 Å². The molecular weight excluding hydrogens is 415 g/mol. The van der Waals surface area contributed by atoms with Crippen LogP contribution in [0.5, 0.6) is 6.01 Å². The SMILES string of the molecule is O=S(=O)(c1ccc(Cl)s1)N1CCCC(Oc2nccc(C(F)(F)F)n2)C1. The van der Waals surface area contributed by atoms with E-state index >= 15 is 0 Å². The Labute approximate surface area is 156 Å². The lowest BCUT2D eigenvalue weighted by Gasteiger charge is -2.31. The topological polar surface area (TPSA) is 72.4 Å². The molecule has 0 amide bonds. The number of hydrogen-bond donors (Lipinski definition) is 0. The maximum atomic E-state index is 12.7. The first-order valence-corrected chi connectivity index (χ1v) is 10.1. The summed E-state index contributed by atoms with van der Waals surface area (Å²) in [5, 5.41) is 0. The van der Waals surface area contributed by atoms with Crippen LogP contribution < -0.4 is 4.74 Å². The zero-order valence-corrected chi connectivity index (χ0v) is 15.5. The summed E-state index contributed by atoms with van der Waals surface area (Å²) in [4.78, 5) is 7.02. The molecule has 1 atom stereocenters. The van der Waals surface area contributed by atoms with Gasteiger partial charge in [0.05, 0.1) is 10.9 Å². The first-order chi connectivity index (χ1) is 12.2. The number of ether oxygens (including phenoxy) is 1. The van der Waals surface area contributed by atoms with Crippen molar-refractivity contribution in [1.29, 1.82) is 0 Å². The highest BCUT2D eigenvalue weighted by atomic mass is 35.5. The van der Waals surface area contributed by atoms with Gasteiger partial charge in [0.25, 0.3) is 10.0 Å². The summed E-state index contributed by atoms with van der Waals surface area (Å²) < 4.78 is 70.5. The van der Waals surface area contributed by atoms with Crippen LogP contribution in [0.3, 0.4) is 0 Å². The number of thiophene rings is 1. The average Bonchev–Trinajstić information content (AvgIpc) is 3.02. The Morgan fingerprint density at radius 3 is 2.73 bits per heavy atom. The molecule has 3 rings (SSSR count). The van der Waals surface area contributed by atoms with Crippen LogP contribution in [0.25, 0.3) is 0 Å². The van der Waals surface area contributed by atoms with Crippen LogP contribution in [-0.2, 0) is 16.2 Å². The minimum Gasteiger partial charge on any atom is -0.459 e. The van der Waals surface area contributed by atoms with E-state index in [0.29, 0.717) is 23.7 Å². The molecule has 0 aliphatic carbocycles. The summed E-state index contributed by atoms with van der Waals surface area (Å²) in [5.41, 5.74) is -1.11. The highest BCUT2D eigenvalue weighted by Crippen LogP contribution is 2.31.